The number of hydrogen-bond acceptors (Lipinski definition) is 12. The molecular weight excluding hydrogens is 716 g/mol. The summed E-state index contributed by atoms with van der Waals surface area (Å²) in [4.78, 5) is 88.7. The average Bonchev–Trinajstić information content (AvgIpc) is 2.72. The molecule has 0 aliphatic heterocycles. The van der Waals surface area contributed by atoms with Crippen LogP contribution in [0.15, 0.2) is 0 Å². The van der Waals surface area contributed by atoms with Crippen LogP contribution in [-0.4, -0.2) is 386 Å². The van der Waals surface area contributed by atoms with Crippen molar-refractivity contribution in [1.29, 1.82) is 0 Å². The van der Waals surface area contributed by atoms with Crippen LogP contribution in [0.4, 0.5) is 0 Å². The molecule has 25 heteroatoms. The van der Waals surface area contributed by atoms with Crippen molar-refractivity contribution in [1.82, 2.24) is 19.6 Å². The van der Waals surface area contributed by atoms with Gasteiger partial charge in [-0.05, 0) is 0 Å². The molecule has 0 unspecified atom stereocenters. The zero-order valence-electron chi connectivity index (χ0n) is 25.8. The molecule has 0 atom stereocenters. The maximum Gasteiger partial charge on any atom is 0.317 e. The first-order chi connectivity index (χ1) is 18.4. The number of rotatable bonds is 22. The topological polar surface area (TPSA) is 311 Å². The van der Waals surface area contributed by atoms with Crippen molar-refractivity contribution in [2.45, 2.75) is 0 Å². The monoisotopic (exact) mass is 748 g/mol. The first-order valence-corrected chi connectivity index (χ1v) is 11.0. The van der Waals surface area contributed by atoms with E-state index in [0.717, 1.165) is 19.6 Å². The SMILES string of the molecule is O=C(O)CN(CCN(CC(=O)O)CC(=O)O)CC(=O)O.O=C(O)CN(CCN(CC(=O)O)CC(=O)O)CC(=O)O.[Ca].[K].[K].[Na].[Na]. The van der Waals surface area contributed by atoms with Gasteiger partial charge in [0, 0.05) is 226 Å². The van der Waals surface area contributed by atoms with E-state index < -0.39 is 100 Å². The van der Waals surface area contributed by atoms with Crippen LogP contribution in [0.2, 0.25) is 0 Å². The molecule has 0 saturated carbocycles. The van der Waals surface area contributed by atoms with Crippen molar-refractivity contribution in [3.05, 3.63) is 0 Å². The molecule has 0 saturated heterocycles. The summed E-state index contributed by atoms with van der Waals surface area (Å²) in [5.41, 5.74) is 0. The van der Waals surface area contributed by atoms with E-state index in [1.165, 1.54) is 0 Å². The molecule has 0 aliphatic carbocycles. The van der Waals surface area contributed by atoms with E-state index in [1.54, 1.807) is 0 Å². The Labute approximate surface area is 416 Å². The zero-order chi connectivity index (χ0) is 31.4. The number of carbonyl (C=O) groups is 8. The first kappa shape index (κ1) is 62.3. The van der Waals surface area contributed by atoms with Crippen LogP contribution in [-0.2, 0) is 38.4 Å². The van der Waals surface area contributed by atoms with E-state index >= 15 is 0 Å². The fraction of sp³-hybridized carbons (Fsp3) is 0.600. The molecule has 0 heterocycles. The Morgan fingerprint density at radius 3 is 0.467 bits per heavy atom. The summed E-state index contributed by atoms with van der Waals surface area (Å²) in [6.07, 6.45) is 0. The molecule has 0 fully saturated rings. The third-order valence-electron chi connectivity index (χ3n) is 4.34. The molecule has 0 aliphatic rings. The summed E-state index contributed by atoms with van der Waals surface area (Å²) >= 11 is 0. The van der Waals surface area contributed by atoms with Crippen molar-refractivity contribution in [2.75, 3.05) is 78.5 Å². The fourth-order valence-corrected chi connectivity index (χ4v) is 2.95. The van der Waals surface area contributed by atoms with Gasteiger partial charge >= 0.3 is 47.8 Å². The predicted octanol–water partition coefficient (Wildman–Crippen LogP) is -6.05. The average molecular weight is 749 g/mol. The minimum atomic E-state index is -1.23. The first-order valence-electron chi connectivity index (χ1n) is 11.0. The maximum absolute atomic E-state index is 10.6. The van der Waals surface area contributed by atoms with Crippen molar-refractivity contribution < 1.29 is 79.2 Å². The van der Waals surface area contributed by atoms with E-state index in [0.29, 0.717) is 0 Å². The molecule has 234 valence electrons. The summed E-state index contributed by atoms with van der Waals surface area (Å²) in [6.45, 7) is -4.50. The summed E-state index contributed by atoms with van der Waals surface area (Å²) in [7, 11) is 0. The Bertz CT molecular complexity index is 733. The molecule has 0 bridgehead atoms. The Hall–Kier alpha value is 2.13. The van der Waals surface area contributed by atoms with Gasteiger partial charge in [-0.1, -0.05) is 0 Å². The van der Waals surface area contributed by atoms with E-state index in [4.69, 9.17) is 40.9 Å². The number of hydrogen-bond donors (Lipinski definition) is 8. The van der Waals surface area contributed by atoms with Crippen molar-refractivity contribution in [2.24, 2.45) is 0 Å². The molecule has 0 rings (SSSR count). The smallest absolute Gasteiger partial charge is 0.317 e. The molecule has 20 nitrogen and oxygen atoms in total. The normalized spacial score (nSPS) is 9.51. The van der Waals surface area contributed by atoms with Crippen LogP contribution in [0.1, 0.15) is 0 Å². The van der Waals surface area contributed by atoms with E-state index in [2.05, 4.69) is 0 Å². The molecule has 45 heavy (non-hydrogen) atoms. The van der Waals surface area contributed by atoms with Gasteiger partial charge in [-0.15, -0.1) is 0 Å². The quantitative estimate of drug-likeness (QED) is 0.0478. The Balaban J connectivity index is -0.000000116. The van der Waals surface area contributed by atoms with Gasteiger partial charge in [0.1, 0.15) is 0 Å². The molecule has 0 aromatic rings. The second-order valence-electron chi connectivity index (χ2n) is 7.99. The Morgan fingerprint density at radius 1 is 0.311 bits per heavy atom. The molecule has 0 amide bonds. The van der Waals surface area contributed by atoms with Crippen molar-refractivity contribution >= 4 is 247 Å². The molecule has 6 radical (unpaired) electrons. The summed E-state index contributed by atoms with van der Waals surface area (Å²) in [5, 5.41) is 68.9. The minimum Gasteiger partial charge on any atom is -0.480 e. The Kier molecular flexibility index (Phi) is 51.7. The van der Waals surface area contributed by atoms with Gasteiger partial charge in [0.15, 0.2) is 0 Å². The van der Waals surface area contributed by atoms with E-state index in [9.17, 15) is 38.4 Å². The molecule has 8 N–H and O–H groups in total. The molecular formula is C20H32CaK2N4Na2O16. The molecule has 0 spiro atoms. The van der Waals surface area contributed by atoms with Crippen LogP contribution in [0.25, 0.3) is 0 Å². The van der Waals surface area contributed by atoms with E-state index in [-0.39, 0.29) is 226 Å². The predicted molar refractivity (Wildman–Crippen MR) is 156 cm³/mol. The van der Waals surface area contributed by atoms with Gasteiger partial charge in [-0.3, -0.25) is 58.0 Å². The third-order valence-corrected chi connectivity index (χ3v) is 4.34. The second kappa shape index (κ2) is 37.4. The number of nitrogens with zero attached hydrogens (tertiary/aromatic N) is 4. The number of aliphatic carboxylic acids is 8. The maximum atomic E-state index is 10.6. The van der Waals surface area contributed by atoms with Gasteiger partial charge in [-0.2, -0.15) is 0 Å². The largest absolute Gasteiger partial charge is 0.480 e. The van der Waals surface area contributed by atoms with Gasteiger partial charge < -0.3 is 40.9 Å². The van der Waals surface area contributed by atoms with Gasteiger partial charge in [0.2, 0.25) is 0 Å². The second-order valence-corrected chi connectivity index (χ2v) is 7.99. The number of carboxylic acid groups (broad SMARTS) is 8. The zero-order valence-corrected chi connectivity index (χ0v) is 38.3. The molecule has 0 aromatic carbocycles. The van der Waals surface area contributed by atoms with Crippen LogP contribution < -0.4 is 0 Å². The van der Waals surface area contributed by atoms with Gasteiger partial charge in [0.25, 0.3) is 0 Å². The molecule has 0 aromatic heterocycles. The summed E-state index contributed by atoms with van der Waals surface area (Å²) in [5.74, 6) is -9.82. The van der Waals surface area contributed by atoms with Crippen LogP contribution in [0, 0.1) is 0 Å². The standard InChI is InChI=1S/2C10H16N2O8.Ca.2K.2Na/c2*13-7(14)3-11(4-8(15)16)1-2-12(5-9(17)18)6-10(19)20;;;;;/h2*1-6H2,(H,13,14)(H,15,16)(H,17,18)(H,19,20);;;;;. The van der Waals surface area contributed by atoms with Crippen LogP contribution in [0.5, 0.6) is 0 Å². The summed E-state index contributed by atoms with van der Waals surface area (Å²) in [6, 6.07) is 0. The van der Waals surface area contributed by atoms with Gasteiger partial charge in [-0.25, -0.2) is 0 Å². The Morgan fingerprint density at radius 2 is 0.400 bits per heavy atom. The van der Waals surface area contributed by atoms with Crippen LogP contribution in [0.3, 0.4) is 0 Å². The summed E-state index contributed by atoms with van der Waals surface area (Å²) < 4.78 is 0. The number of carboxylic acids is 8. The van der Waals surface area contributed by atoms with Gasteiger partial charge in [0.05, 0.1) is 52.4 Å². The van der Waals surface area contributed by atoms with Crippen molar-refractivity contribution in [3.63, 3.8) is 0 Å². The fourth-order valence-electron chi connectivity index (χ4n) is 2.95. The van der Waals surface area contributed by atoms with Crippen molar-refractivity contribution in [3.8, 4) is 0 Å². The van der Waals surface area contributed by atoms with Crippen LogP contribution >= 0.6 is 0 Å². The minimum absolute atomic E-state index is 0. The third kappa shape index (κ3) is 46.1. The van der Waals surface area contributed by atoms with E-state index in [1.807, 2.05) is 0 Å².